The molecule has 0 bridgehead atoms. The summed E-state index contributed by atoms with van der Waals surface area (Å²) in [6, 6.07) is 14.3. The largest absolute Gasteiger partial charge is 0.492 e. The summed E-state index contributed by atoms with van der Waals surface area (Å²) in [4.78, 5) is 23.9. The second-order valence-corrected chi connectivity index (χ2v) is 11.5. The molecule has 1 amide bonds. The molecule has 9 heteroatoms. The van der Waals surface area contributed by atoms with Crippen LogP contribution in [0.3, 0.4) is 0 Å². The van der Waals surface area contributed by atoms with Gasteiger partial charge in [-0.05, 0) is 43.2 Å². The summed E-state index contributed by atoms with van der Waals surface area (Å²) >= 11 is 3.39. The summed E-state index contributed by atoms with van der Waals surface area (Å²) in [5.41, 5.74) is 1.85. The van der Waals surface area contributed by atoms with E-state index in [1.807, 2.05) is 41.8 Å². The van der Waals surface area contributed by atoms with E-state index in [-0.39, 0.29) is 18.3 Å². The Kier molecular flexibility index (Phi) is 11.3. The van der Waals surface area contributed by atoms with Gasteiger partial charge in [-0.15, -0.1) is 24.2 Å². The molecule has 36 heavy (non-hydrogen) atoms. The lowest BCUT2D eigenvalue weighted by Crippen LogP contribution is -2.39. The quantitative estimate of drug-likeness (QED) is 0.277. The minimum Gasteiger partial charge on any atom is -0.492 e. The number of aromatic nitrogens is 1. The molecular formula is C27H36ClN3O3S2. The zero-order valence-electron chi connectivity index (χ0n) is 21.3. The van der Waals surface area contributed by atoms with Crippen molar-refractivity contribution in [2.24, 2.45) is 0 Å². The molecule has 0 unspecified atom stereocenters. The number of benzene rings is 2. The Morgan fingerprint density at radius 3 is 2.64 bits per heavy atom. The molecular weight excluding hydrogens is 514 g/mol. The number of hydrogen-bond donors (Lipinski definition) is 0. The van der Waals surface area contributed by atoms with Crippen LogP contribution in [0.5, 0.6) is 5.75 Å². The predicted octanol–water partition coefficient (Wildman–Crippen LogP) is 5.92. The van der Waals surface area contributed by atoms with Crippen LogP contribution in [0.15, 0.2) is 47.4 Å². The van der Waals surface area contributed by atoms with Crippen molar-refractivity contribution in [3.63, 3.8) is 0 Å². The van der Waals surface area contributed by atoms with Crippen molar-refractivity contribution in [3.8, 4) is 5.75 Å². The molecule has 2 heterocycles. The average molecular weight is 550 g/mol. The van der Waals surface area contributed by atoms with Crippen molar-refractivity contribution in [1.29, 1.82) is 0 Å². The summed E-state index contributed by atoms with van der Waals surface area (Å²) in [7, 11) is 0. The van der Waals surface area contributed by atoms with Crippen molar-refractivity contribution in [1.82, 2.24) is 9.88 Å². The third-order valence-electron chi connectivity index (χ3n) is 5.81. The number of halogens is 1. The number of hydrogen-bond acceptors (Lipinski definition) is 7. The molecule has 1 aliphatic heterocycles. The Bertz CT molecular complexity index is 1100. The molecule has 0 aliphatic carbocycles. The molecule has 6 nitrogen and oxygen atoms in total. The molecule has 3 aromatic rings. The zero-order chi connectivity index (χ0) is 24.6. The minimum atomic E-state index is 0. The van der Waals surface area contributed by atoms with Gasteiger partial charge in [0.1, 0.15) is 11.3 Å². The highest BCUT2D eigenvalue weighted by Crippen LogP contribution is 2.34. The van der Waals surface area contributed by atoms with Crippen LogP contribution in [0, 0.1) is 0 Å². The number of amides is 1. The summed E-state index contributed by atoms with van der Waals surface area (Å²) in [5.74, 6) is 0.847. The molecule has 0 N–H and O–H groups in total. The van der Waals surface area contributed by atoms with E-state index < -0.39 is 0 Å². The minimum absolute atomic E-state index is 0. The van der Waals surface area contributed by atoms with Crippen LogP contribution in [-0.2, 0) is 16.0 Å². The Morgan fingerprint density at radius 2 is 1.94 bits per heavy atom. The van der Waals surface area contributed by atoms with Crippen LogP contribution in [0.25, 0.3) is 10.2 Å². The lowest BCUT2D eigenvalue weighted by atomic mass is 10.1. The number of carbonyl (C=O) groups excluding carboxylic acids is 1. The van der Waals surface area contributed by atoms with Crippen molar-refractivity contribution in [2.45, 2.75) is 43.8 Å². The Balaban J connectivity index is 0.00000361. The zero-order valence-corrected chi connectivity index (χ0v) is 23.7. The third kappa shape index (κ3) is 7.83. The van der Waals surface area contributed by atoms with Crippen molar-refractivity contribution in [3.05, 3.63) is 48.0 Å². The van der Waals surface area contributed by atoms with Crippen LogP contribution < -0.4 is 9.64 Å². The molecule has 4 rings (SSSR count). The smallest absolute Gasteiger partial charge is 0.233 e. The van der Waals surface area contributed by atoms with E-state index in [0.717, 1.165) is 65.9 Å². The SMILES string of the molecule is CCOc1cccc2sc(N(CCCN3CCOCC3)C(=O)Cc3ccc(SC(C)C)cc3)nc12.Cl. The highest BCUT2D eigenvalue weighted by Gasteiger charge is 2.22. The van der Waals surface area contributed by atoms with E-state index in [1.165, 1.54) is 4.90 Å². The fraction of sp³-hybridized carbons (Fsp3) is 0.481. The molecule has 0 spiro atoms. The average Bonchev–Trinajstić information content (AvgIpc) is 3.28. The highest BCUT2D eigenvalue weighted by molar-refractivity contribution is 7.99. The second kappa shape index (κ2) is 14.2. The van der Waals surface area contributed by atoms with Crippen LogP contribution in [0.1, 0.15) is 32.8 Å². The summed E-state index contributed by atoms with van der Waals surface area (Å²) in [6.07, 6.45) is 1.25. The predicted molar refractivity (Wildman–Crippen MR) is 153 cm³/mol. The number of morpholine rings is 1. The van der Waals surface area contributed by atoms with Crippen LogP contribution in [-0.4, -0.2) is 67.0 Å². The fourth-order valence-corrected chi connectivity index (χ4v) is 6.00. The van der Waals surface area contributed by atoms with Crippen molar-refractivity contribution in [2.75, 3.05) is 50.9 Å². The monoisotopic (exact) mass is 549 g/mol. The van der Waals surface area contributed by atoms with Gasteiger partial charge in [-0.25, -0.2) is 4.98 Å². The molecule has 196 valence electrons. The van der Waals surface area contributed by atoms with Crippen LogP contribution >= 0.6 is 35.5 Å². The van der Waals surface area contributed by atoms with E-state index in [4.69, 9.17) is 14.5 Å². The van der Waals surface area contributed by atoms with Gasteiger partial charge in [0.05, 0.1) is 30.9 Å². The highest BCUT2D eigenvalue weighted by atomic mass is 35.5. The fourth-order valence-electron chi connectivity index (χ4n) is 4.13. The molecule has 1 fully saturated rings. The van der Waals surface area contributed by atoms with Gasteiger partial charge < -0.3 is 9.47 Å². The molecule has 1 aliphatic rings. The molecule has 0 radical (unpaired) electrons. The molecule has 0 saturated carbocycles. The van der Waals surface area contributed by atoms with Crippen LogP contribution in [0.4, 0.5) is 5.13 Å². The van der Waals surface area contributed by atoms with Gasteiger partial charge in [0.15, 0.2) is 5.13 Å². The van der Waals surface area contributed by atoms with Crippen LogP contribution in [0.2, 0.25) is 0 Å². The van der Waals surface area contributed by atoms with E-state index in [1.54, 1.807) is 11.3 Å². The lowest BCUT2D eigenvalue weighted by Gasteiger charge is -2.27. The topological polar surface area (TPSA) is 54.9 Å². The summed E-state index contributed by atoms with van der Waals surface area (Å²) in [5, 5.41) is 1.27. The lowest BCUT2D eigenvalue weighted by molar-refractivity contribution is -0.118. The van der Waals surface area contributed by atoms with Gasteiger partial charge in [-0.3, -0.25) is 14.6 Å². The van der Waals surface area contributed by atoms with Gasteiger partial charge in [0, 0.05) is 36.3 Å². The number of para-hydroxylation sites is 1. The first-order chi connectivity index (χ1) is 17.0. The first-order valence-corrected chi connectivity index (χ1v) is 14.1. The number of nitrogens with zero attached hydrogens (tertiary/aromatic N) is 3. The van der Waals surface area contributed by atoms with Gasteiger partial charge in [0.2, 0.25) is 5.91 Å². The van der Waals surface area contributed by atoms with Crippen molar-refractivity contribution < 1.29 is 14.3 Å². The number of ether oxygens (including phenoxy) is 2. The number of fused-ring (bicyclic) bond motifs is 1. The normalized spacial score (nSPS) is 14.1. The van der Waals surface area contributed by atoms with Gasteiger partial charge >= 0.3 is 0 Å². The Hall–Kier alpha value is -1.84. The maximum absolute atomic E-state index is 13.6. The Labute approximate surface area is 228 Å². The summed E-state index contributed by atoms with van der Waals surface area (Å²) in [6.45, 7) is 12.0. The van der Waals surface area contributed by atoms with E-state index >= 15 is 0 Å². The van der Waals surface area contributed by atoms with Crippen molar-refractivity contribution >= 4 is 56.8 Å². The third-order valence-corrected chi connectivity index (χ3v) is 7.87. The first-order valence-electron chi connectivity index (χ1n) is 12.4. The number of thiazole rings is 1. The summed E-state index contributed by atoms with van der Waals surface area (Å²) < 4.78 is 12.3. The van der Waals surface area contributed by atoms with E-state index in [0.29, 0.717) is 24.8 Å². The number of thioether (sulfide) groups is 1. The molecule has 1 saturated heterocycles. The van der Waals surface area contributed by atoms with Gasteiger partial charge in [-0.1, -0.05) is 43.4 Å². The molecule has 1 aromatic heterocycles. The van der Waals surface area contributed by atoms with Gasteiger partial charge in [0.25, 0.3) is 0 Å². The van der Waals surface area contributed by atoms with E-state index in [9.17, 15) is 4.79 Å². The number of anilines is 1. The standard InChI is InChI=1S/C27H35N3O3S2.ClH/c1-4-33-23-7-5-8-24-26(23)28-27(35-24)30(14-6-13-29-15-17-32-18-16-29)25(31)19-21-9-11-22(12-10-21)34-20(2)3;/h5,7-12,20H,4,6,13-19H2,1-3H3;1H. The maximum Gasteiger partial charge on any atom is 0.233 e. The maximum atomic E-state index is 13.6. The second-order valence-electron chi connectivity index (χ2n) is 8.87. The van der Waals surface area contributed by atoms with E-state index in [2.05, 4.69) is 43.0 Å². The number of rotatable bonds is 11. The Morgan fingerprint density at radius 1 is 1.19 bits per heavy atom. The molecule has 0 atom stereocenters. The number of carbonyl (C=O) groups is 1. The first kappa shape index (κ1) is 28.7. The molecule has 2 aromatic carbocycles. The van der Waals surface area contributed by atoms with Gasteiger partial charge in [-0.2, -0.15) is 0 Å².